The molecule has 0 unspecified atom stereocenters. The molecule has 0 radical (unpaired) electrons. The summed E-state index contributed by atoms with van der Waals surface area (Å²) in [5, 5.41) is 28.5. The van der Waals surface area contributed by atoms with Gasteiger partial charge in [0.25, 0.3) is 5.91 Å². The topological polar surface area (TPSA) is 294 Å². The van der Waals surface area contributed by atoms with Crippen molar-refractivity contribution in [2.24, 2.45) is 0 Å². The van der Waals surface area contributed by atoms with Crippen LogP contribution in [0.25, 0.3) is 26.0 Å². The molecule has 105 heavy (non-hydrogen) atoms. The summed E-state index contributed by atoms with van der Waals surface area (Å²) in [6, 6.07) is 33.6. The number of carbonyl (C=O) groups is 3. The van der Waals surface area contributed by atoms with E-state index < -0.39 is 6.03 Å². The largest absolute Gasteiger partial charge is 0.497 e. The first-order valence-electron chi connectivity index (χ1n) is 34.5. The highest BCUT2D eigenvalue weighted by Gasteiger charge is 2.29. The molecule has 3 saturated heterocycles. The molecule has 8 N–H and O–H groups in total. The quantitative estimate of drug-likeness (QED) is 0.0332. The summed E-state index contributed by atoms with van der Waals surface area (Å²) in [5.74, 6) is 4.67. The zero-order chi connectivity index (χ0) is 74.4. The molecule has 2 atom stereocenters. The molecule has 0 saturated carbocycles. The number of benzene rings is 5. The van der Waals surface area contributed by atoms with E-state index in [1.807, 2.05) is 71.2 Å². The average Bonchev–Trinajstić information content (AvgIpc) is 1.60. The third-order valence-electron chi connectivity index (χ3n) is 18.4. The molecule has 0 bridgehead atoms. The van der Waals surface area contributed by atoms with Gasteiger partial charge < -0.3 is 75.4 Å². The number of rotatable bonds is 22. The van der Waals surface area contributed by atoms with Crippen LogP contribution in [-0.2, 0) is 35.5 Å². The van der Waals surface area contributed by atoms with Gasteiger partial charge in [-0.2, -0.15) is 10.2 Å². The predicted octanol–water partition coefficient (Wildman–Crippen LogP) is 11.6. The highest BCUT2D eigenvalue weighted by atomic mass is 35.5. The molecule has 5 aromatic carbocycles. The maximum absolute atomic E-state index is 13.0. The van der Waals surface area contributed by atoms with Gasteiger partial charge in [0.15, 0.2) is 11.6 Å². The van der Waals surface area contributed by atoms with Gasteiger partial charge in [0.05, 0.1) is 64.8 Å². The number of piperazine rings is 3. The number of ether oxygens (including phenoxy) is 6. The number of methoxy groups -OCH3 is 6. The molecule has 0 spiro atoms. The standard InChI is InChI=1S/C26H31Cl2N7O3.C26H33N5O3.C23H26N6O3S/c1-5-34-10-12-35(13-11-34)18-8-6-17(7-9-18)31-21-15-22(30-16-29-21)33(2)26(36)32-25-23(27)19(37-3)14-20(38-4)24(25)28;1-17-15-31(16-18(2)27-17)22-9-6-20(7-10-22)26(32)28-25-13-21(29-30-25)8-5-19-11-23(33-3)14-24(12-19)34-4;1-13-6-14-8-18(33-22(14)17(7-13)32-3)20-15(11-31-2)16(9-28-5-4-25-19(30)10-28)29-21(20)23(24)26-12-27-29/h6-9,14-16H,5,10-13H2,1-4H3,(H,32,36)(H,29,30,31);6-7,9-14,17-18,27H,5,8,15-16H2,1-4H3,(H2,28,29,30,32);6-8,12H,4-5,9-11H2,1-3H3,(H,25,30)(H2,24,26,27)/t;17-,18+;. The minimum atomic E-state index is -0.513. The number of nitrogens with two attached hydrogens (primary N) is 1. The second kappa shape index (κ2) is 35.1. The van der Waals surface area contributed by atoms with Crippen LogP contribution in [0, 0.1) is 6.92 Å². The SMILES string of the molecule is CCN1CCN(c2ccc(Nc3cc(N(C)C(=O)Nc4c(Cl)c(OC)cc(OC)c4Cl)ncn3)cc2)CC1.COCc1c(-c2cc3cc(C)cc(OC)c3s2)c2c(N)ncnn2c1CN1CCNC(=O)C1.COc1cc(CCc2cc(NC(=O)c3ccc(N4C[C@@H](C)N[C@@H](C)C4)cc3)n[nH]2)cc(OC)c1. The Kier molecular flexibility index (Phi) is 25.4. The van der Waals surface area contributed by atoms with Gasteiger partial charge in [-0.15, -0.1) is 11.3 Å². The zero-order valence-electron chi connectivity index (χ0n) is 60.9. The van der Waals surface area contributed by atoms with Gasteiger partial charge in [-0.25, -0.2) is 24.3 Å². The summed E-state index contributed by atoms with van der Waals surface area (Å²) in [6.45, 7) is 18.5. The van der Waals surface area contributed by atoms with E-state index >= 15 is 0 Å². The van der Waals surface area contributed by atoms with Crippen LogP contribution in [0.3, 0.4) is 0 Å². The number of halogens is 2. The number of nitrogen functional groups attached to an aromatic ring is 1. The van der Waals surface area contributed by atoms with E-state index in [1.54, 1.807) is 59.0 Å². The molecule has 27 nitrogen and oxygen atoms in total. The Hall–Kier alpha value is -10.2. The fourth-order valence-corrected chi connectivity index (χ4v) is 14.8. The predicted molar refractivity (Wildman–Crippen MR) is 416 cm³/mol. The lowest BCUT2D eigenvalue weighted by Gasteiger charge is -2.37. The van der Waals surface area contributed by atoms with Crippen LogP contribution in [0.15, 0.2) is 116 Å². The molecule has 13 rings (SSSR count). The highest BCUT2D eigenvalue weighted by molar-refractivity contribution is 7.22. The van der Waals surface area contributed by atoms with Crippen molar-refractivity contribution in [1.29, 1.82) is 0 Å². The maximum atomic E-state index is 13.0. The Morgan fingerprint density at radius 1 is 0.724 bits per heavy atom. The van der Waals surface area contributed by atoms with Crippen molar-refractivity contribution in [3.63, 3.8) is 0 Å². The summed E-state index contributed by atoms with van der Waals surface area (Å²) >= 11 is 14.4. The second-order valence-corrected chi connectivity index (χ2v) is 27.5. The maximum Gasteiger partial charge on any atom is 0.327 e. The minimum absolute atomic E-state index is 0.0248. The number of carbonyl (C=O) groups excluding carboxylic acids is 3. The number of urea groups is 1. The van der Waals surface area contributed by atoms with Crippen LogP contribution in [0.5, 0.6) is 28.7 Å². The van der Waals surface area contributed by atoms with E-state index in [0.29, 0.717) is 78.7 Å². The van der Waals surface area contributed by atoms with Crippen LogP contribution in [-0.4, -0.2) is 190 Å². The van der Waals surface area contributed by atoms with Crippen molar-refractivity contribution in [1.82, 2.24) is 55.2 Å². The van der Waals surface area contributed by atoms with Gasteiger partial charge in [-0.05, 0) is 129 Å². The molecule has 3 fully saturated rings. The molecule has 30 heteroatoms. The van der Waals surface area contributed by atoms with Gasteiger partial charge in [0.2, 0.25) is 5.91 Å². The van der Waals surface area contributed by atoms with Crippen molar-refractivity contribution in [3.05, 3.63) is 159 Å². The average molecular weight is 1490 g/mol. The van der Waals surface area contributed by atoms with Gasteiger partial charge in [-0.1, -0.05) is 36.2 Å². The summed E-state index contributed by atoms with van der Waals surface area (Å²) in [4.78, 5) is 62.2. The van der Waals surface area contributed by atoms with Crippen LogP contribution in [0.4, 0.5) is 50.8 Å². The van der Waals surface area contributed by atoms with Gasteiger partial charge in [-0.3, -0.25) is 24.5 Å². The first kappa shape index (κ1) is 75.9. The lowest BCUT2D eigenvalue weighted by Crippen LogP contribution is -2.54. The number of amides is 4. The smallest absolute Gasteiger partial charge is 0.327 e. The zero-order valence-corrected chi connectivity index (χ0v) is 63.2. The number of anilines is 8. The van der Waals surface area contributed by atoms with Crippen LogP contribution in [0.2, 0.25) is 10.0 Å². The number of nitrogens with one attached hydrogen (secondary N) is 6. The van der Waals surface area contributed by atoms with E-state index in [0.717, 1.165) is 148 Å². The lowest BCUT2D eigenvalue weighted by atomic mass is 10.1. The normalized spacial score (nSPS) is 15.4. The minimum Gasteiger partial charge on any atom is -0.497 e. The van der Waals surface area contributed by atoms with Gasteiger partial charge >= 0.3 is 6.03 Å². The number of thiophene rings is 1. The van der Waals surface area contributed by atoms with Crippen molar-refractivity contribution in [2.75, 3.05) is 152 Å². The Labute approximate surface area is 624 Å². The van der Waals surface area contributed by atoms with E-state index in [2.05, 4.69) is 128 Å². The molecule has 4 amide bonds. The van der Waals surface area contributed by atoms with E-state index in [-0.39, 0.29) is 27.5 Å². The molecule has 3 aliphatic heterocycles. The number of fused-ring (bicyclic) bond motifs is 2. The fourth-order valence-electron chi connectivity index (χ4n) is 13.0. The van der Waals surface area contributed by atoms with Crippen LogP contribution < -0.4 is 70.7 Å². The fraction of sp³-hybridized carbons (Fsp3) is 0.360. The second-order valence-electron chi connectivity index (χ2n) is 25.7. The Bertz CT molecular complexity index is 4610. The van der Waals surface area contributed by atoms with Crippen molar-refractivity contribution in [2.45, 2.75) is 65.8 Å². The molecule has 3 aliphatic rings. The number of nitrogens with zero attached hydrogens (tertiary/aromatic N) is 11. The van der Waals surface area contributed by atoms with Crippen LogP contribution in [0.1, 0.15) is 59.2 Å². The third kappa shape index (κ3) is 18.5. The first-order valence-corrected chi connectivity index (χ1v) is 36.0. The first-order chi connectivity index (χ1) is 50.8. The van der Waals surface area contributed by atoms with Gasteiger partial charge in [0, 0.05) is 154 Å². The Morgan fingerprint density at radius 3 is 2.05 bits per heavy atom. The number of hydrogen-bond donors (Lipinski definition) is 7. The molecule has 10 aromatic rings. The van der Waals surface area contributed by atoms with Crippen molar-refractivity contribution < 1.29 is 42.8 Å². The van der Waals surface area contributed by atoms with Crippen molar-refractivity contribution in [3.8, 4) is 39.2 Å². The molecule has 554 valence electrons. The molecular formula is C75H90Cl2N18O9S. The van der Waals surface area contributed by atoms with Gasteiger partial charge in [0.1, 0.15) is 68.6 Å². The number of hydrogen-bond acceptors (Lipinski definition) is 22. The monoisotopic (exact) mass is 1490 g/mol. The van der Waals surface area contributed by atoms with Crippen molar-refractivity contribution >= 4 is 114 Å². The number of H-pyrrole nitrogens is 1. The lowest BCUT2D eigenvalue weighted by molar-refractivity contribution is -0.124. The van der Waals surface area contributed by atoms with Crippen LogP contribution >= 0.6 is 34.5 Å². The summed E-state index contributed by atoms with van der Waals surface area (Å²) in [5.41, 5.74) is 17.2. The molecule has 0 aliphatic carbocycles. The number of likely N-dealkylation sites (N-methyl/N-ethyl adjacent to an activating group) is 1. The Balaban J connectivity index is 0.000000158. The molecule has 8 heterocycles. The molecule has 5 aromatic heterocycles. The van der Waals surface area contributed by atoms with E-state index in [1.165, 1.54) is 37.5 Å². The van der Waals surface area contributed by atoms with E-state index in [9.17, 15) is 14.4 Å². The number of aromatic amines is 1. The summed E-state index contributed by atoms with van der Waals surface area (Å²) < 4.78 is 35.4. The van der Waals surface area contributed by atoms with E-state index in [4.69, 9.17) is 57.4 Å². The molecular weight excluding hydrogens is 1400 g/mol. The summed E-state index contributed by atoms with van der Waals surface area (Å²) in [6.07, 6.45) is 4.38. The number of aryl methyl sites for hydroxylation is 3. The summed E-state index contributed by atoms with van der Waals surface area (Å²) in [7, 11) is 11.1. The third-order valence-corrected chi connectivity index (χ3v) is 20.3. The Morgan fingerprint density at radius 2 is 1.40 bits per heavy atom. The number of aromatic nitrogens is 7. The highest BCUT2D eigenvalue weighted by Crippen LogP contribution is 2.46.